The van der Waals surface area contributed by atoms with Gasteiger partial charge < -0.3 is 25.8 Å². The van der Waals surface area contributed by atoms with Gasteiger partial charge in [-0.1, -0.05) is 0 Å². The maximum atomic E-state index is 14.4. The Bertz CT molecular complexity index is 1490. The van der Waals surface area contributed by atoms with Crippen LogP contribution < -0.4 is 20.9 Å². The first-order chi connectivity index (χ1) is 20.6. The van der Waals surface area contributed by atoms with Crippen LogP contribution >= 0.6 is 11.3 Å². The topological polar surface area (TPSA) is 144 Å². The second-order valence-corrected chi connectivity index (χ2v) is 14.2. The van der Waals surface area contributed by atoms with Gasteiger partial charge in [-0.15, -0.1) is 11.3 Å². The van der Waals surface area contributed by atoms with Gasteiger partial charge in [-0.25, -0.2) is 0 Å². The molecule has 0 unspecified atom stereocenters. The van der Waals surface area contributed by atoms with Gasteiger partial charge in [-0.2, -0.15) is 15.2 Å². The lowest BCUT2D eigenvalue weighted by Gasteiger charge is -2.40. The molecule has 6 rings (SSSR count). The molecule has 2 aromatic heterocycles. The van der Waals surface area contributed by atoms with Crippen LogP contribution in [0, 0.1) is 11.3 Å². The lowest BCUT2D eigenvalue weighted by molar-refractivity contribution is -0.122. The number of rotatable bonds is 8. The number of anilines is 1. The van der Waals surface area contributed by atoms with E-state index in [1.807, 2.05) is 0 Å². The van der Waals surface area contributed by atoms with Crippen molar-refractivity contribution in [2.24, 2.45) is 5.73 Å². The number of nitrogen functional groups attached to an aromatic ring is 1. The number of nitrogens with two attached hydrogens (primary N) is 2. The molecule has 0 radical (unpaired) electrons. The molecule has 1 aliphatic heterocycles. The Morgan fingerprint density at radius 3 is 2.58 bits per heavy atom. The van der Waals surface area contributed by atoms with Gasteiger partial charge in [0.25, 0.3) is 0 Å². The summed E-state index contributed by atoms with van der Waals surface area (Å²) < 4.78 is 12.7. The third-order valence-corrected chi connectivity index (χ3v) is 11.4. The fourth-order valence-electron chi connectivity index (χ4n) is 7.45. The van der Waals surface area contributed by atoms with E-state index in [9.17, 15) is 10.1 Å². The minimum atomic E-state index is -0.788. The van der Waals surface area contributed by atoms with E-state index in [1.165, 1.54) is 11.3 Å². The standard InChI is InChI=1S/C32H43N7O3S/c1-19(22-9-7-15-39(22)4)42-25-16-24(41-18-31(13-14-31)38(2)3)36-30(37-25)27(34)20-8-5-11-32(28(20)40)12-6-10-23-26(32)21(17-33)29(35)43-23/h16,19,22H,5-15,18,34-35H2,1-4H3/b27-20-/t19-,22-,32-/m0/s1. The molecule has 3 atom stereocenters. The summed E-state index contributed by atoms with van der Waals surface area (Å²) in [5, 5.41) is 10.5. The normalized spacial score (nSPS) is 26.7. The van der Waals surface area contributed by atoms with E-state index in [-0.39, 0.29) is 35.0 Å². The maximum absolute atomic E-state index is 14.4. The summed E-state index contributed by atoms with van der Waals surface area (Å²) in [5.41, 5.74) is 14.3. The lowest BCUT2D eigenvalue weighted by atomic mass is 9.61. The van der Waals surface area contributed by atoms with Gasteiger partial charge in [0.05, 0.1) is 28.3 Å². The molecule has 0 amide bonds. The fraction of sp³-hybridized carbons (Fsp3) is 0.625. The SMILES string of the molecule is C[C@H](Oc1cc(OCC2(N(C)C)CC2)nc(/C(N)=C2\CCC[C@@]3(CCCc4sc(N)c(C#N)c43)C2=O)n1)[C@@H]1CCCN1C. The van der Waals surface area contributed by atoms with Crippen molar-refractivity contribution in [2.45, 2.75) is 94.2 Å². The van der Waals surface area contributed by atoms with Crippen LogP contribution in [0.3, 0.4) is 0 Å². The fourth-order valence-corrected chi connectivity index (χ4v) is 8.61. The van der Waals surface area contributed by atoms with Crippen molar-refractivity contribution < 1.29 is 14.3 Å². The summed E-state index contributed by atoms with van der Waals surface area (Å²) in [5.74, 6) is 0.991. The Hall–Kier alpha value is -3.20. The predicted molar refractivity (Wildman–Crippen MR) is 167 cm³/mol. The number of aromatic nitrogens is 2. The molecule has 10 nitrogen and oxygen atoms in total. The second-order valence-electron chi connectivity index (χ2n) is 13.1. The van der Waals surface area contributed by atoms with Crippen molar-refractivity contribution in [3.8, 4) is 17.8 Å². The predicted octanol–water partition coefficient (Wildman–Crippen LogP) is 4.02. The molecule has 11 heteroatoms. The van der Waals surface area contributed by atoms with E-state index in [0.717, 1.165) is 61.9 Å². The molecule has 43 heavy (non-hydrogen) atoms. The zero-order chi connectivity index (χ0) is 30.5. The molecular weight excluding hydrogens is 562 g/mol. The first-order valence-electron chi connectivity index (χ1n) is 15.5. The Morgan fingerprint density at radius 2 is 1.93 bits per heavy atom. The zero-order valence-electron chi connectivity index (χ0n) is 25.7. The van der Waals surface area contributed by atoms with Gasteiger partial charge in [-0.05, 0) is 104 Å². The summed E-state index contributed by atoms with van der Waals surface area (Å²) in [6.45, 7) is 3.60. The largest absolute Gasteiger partial charge is 0.475 e. The third-order valence-electron chi connectivity index (χ3n) is 10.3. The number of nitrogens with zero attached hydrogens (tertiary/aromatic N) is 5. The Balaban J connectivity index is 1.36. The summed E-state index contributed by atoms with van der Waals surface area (Å²) in [4.78, 5) is 29.5. The summed E-state index contributed by atoms with van der Waals surface area (Å²) in [7, 11) is 6.26. The number of allylic oxidation sites excluding steroid dienone is 1. The number of hydrogen-bond donors (Lipinski definition) is 2. The zero-order valence-corrected chi connectivity index (χ0v) is 26.6. The van der Waals surface area contributed by atoms with E-state index >= 15 is 0 Å². The number of likely N-dealkylation sites (tertiary alicyclic amines) is 1. The Kier molecular flexibility index (Phi) is 7.90. The van der Waals surface area contributed by atoms with E-state index in [4.69, 9.17) is 30.9 Å². The van der Waals surface area contributed by atoms with Crippen LogP contribution in [0.15, 0.2) is 11.6 Å². The highest BCUT2D eigenvalue weighted by atomic mass is 32.1. The van der Waals surface area contributed by atoms with Gasteiger partial charge >= 0.3 is 0 Å². The van der Waals surface area contributed by atoms with Crippen LogP contribution in [0.4, 0.5) is 5.00 Å². The van der Waals surface area contributed by atoms with Crippen molar-refractivity contribution in [3.63, 3.8) is 0 Å². The van der Waals surface area contributed by atoms with Crippen LogP contribution in [-0.4, -0.2) is 77.5 Å². The van der Waals surface area contributed by atoms with Crippen molar-refractivity contribution in [1.82, 2.24) is 19.8 Å². The van der Waals surface area contributed by atoms with Crippen LogP contribution in [0.25, 0.3) is 5.70 Å². The number of carbonyl (C=O) groups is 1. The monoisotopic (exact) mass is 605 g/mol. The van der Waals surface area contributed by atoms with Gasteiger partial charge in [0, 0.05) is 16.5 Å². The van der Waals surface area contributed by atoms with Crippen molar-refractivity contribution in [3.05, 3.63) is 33.5 Å². The number of carbonyl (C=O) groups excluding carboxylic acids is 1. The summed E-state index contributed by atoms with van der Waals surface area (Å²) in [6.07, 6.45) is 8.60. The van der Waals surface area contributed by atoms with E-state index < -0.39 is 5.41 Å². The highest BCUT2D eigenvalue weighted by Gasteiger charge is 2.50. The summed E-state index contributed by atoms with van der Waals surface area (Å²) >= 11 is 1.44. The van der Waals surface area contributed by atoms with Gasteiger partial charge in [0.2, 0.25) is 11.8 Å². The Morgan fingerprint density at radius 1 is 1.21 bits per heavy atom. The van der Waals surface area contributed by atoms with Crippen molar-refractivity contribution in [1.29, 1.82) is 5.26 Å². The molecule has 3 heterocycles. The molecule has 2 aromatic rings. The quantitative estimate of drug-likeness (QED) is 0.423. The molecule has 230 valence electrons. The number of hydrogen-bond acceptors (Lipinski definition) is 11. The van der Waals surface area contributed by atoms with Crippen LogP contribution in [0.2, 0.25) is 0 Å². The molecule has 0 bridgehead atoms. The highest BCUT2D eigenvalue weighted by Crippen LogP contribution is 2.52. The number of fused-ring (bicyclic) bond motifs is 2. The van der Waals surface area contributed by atoms with Gasteiger partial charge in [-0.3, -0.25) is 9.69 Å². The molecular formula is C32H43N7O3S. The molecule has 3 aliphatic carbocycles. The molecule has 2 saturated carbocycles. The number of ether oxygens (including phenoxy) is 2. The van der Waals surface area contributed by atoms with Crippen LogP contribution in [0.5, 0.6) is 11.8 Å². The first kappa shape index (κ1) is 29.9. The molecule has 3 fully saturated rings. The van der Waals surface area contributed by atoms with Crippen LogP contribution in [-0.2, 0) is 16.6 Å². The third kappa shape index (κ3) is 5.28. The maximum Gasteiger partial charge on any atom is 0.221 e. The lowest BCUT2D eigenvalue weighted by Crippen LogP contribution is -2.43. The molecule has 0 aromatic carbocycles. The summed E-state index contributed by atoms with van der Waals surface area (Å²) in [6, 6.07) is 4.32. The number of likely N-dealkylation sites (N-methyl/N-ethyl adjacent to an activating group) is 2. The number of ketones is 1. The van der Waals surface area contributed by atoms with E-state index in [1.54, 1.807) is 6.07 Å². The van der Waals surface area contributed by atoms with Gasteiger partial charge in [0.15, 0.2) is 11.6 Å². The minimum absolute atomic E-state index is 0.00122. The molecule has 1 saturated heterocycles. The van der Waals surface area contributed by atoms with Crippen molar-refractivity contribution in [2.75, 3.05) is 40.0 Å². The average Bonchev–Trinajstić information content (AvgIpc) is 3.54. The molecule has 1 spiro atoms. The minimum Gasteiger partial charge on any atom is -0.475 e. The van der Waals surface area contributed by atoms with E-state index in [2.05, 4.69) is 43.9 Å². The number of thiophene rings is 1. The second kappa shape index (κ2) is 11.4. The number of aryl methyl sites for hydroxylation is 1. The smallest absolute Gasteiger partial charge is 0.221 e. The van der Waals surface area contributed by atoms with Gasteiger partial charge in [0.1, 0.15) is 23.8 Å². The number of nitriles is 1. The average molecular weight is 606 g/mol. The van der Waals surface area contributed by atoms with Crippen LogP contribution in [0.1, 0.15) is 86.5 Å². The number of Topliss-reactive ketones (excluding diaryl/α,β-unsaturated/α-hetero) is 1. The van der Waals surface area contributed by atoms with Crippen molar-refractivity contribution >= 4 is 27.8 Å². The first-order valence-corrected chi connectivity index (χ1v) is 16.3. The Labute approximate surface area is 258 Å². The van der Waals surface area contributed by atoms with E-state index in [0.29, 0.717) is 53.8 Å². The molecule has 4 aliphatic rings. The molecule has 4 N–H and O–H groups in total. The highest BCUT2D eigenvalue weighted by molar-refractivity contribution is 7.16.